The lowest BCUT2D eigenvalue weighted by Crippen LogP contribution is -2.24. The number of rotatable bonds is 9. The topological polar surface area (TPSA) is 93.6 Å². The zero-order chi connectivity index (χ0) is 23.2. The van der Waals surface area contributed by atoms with Crippen molar-refractivity contribution in [1.82, 2.24) is 9.97 Å². The van der Waals surface area contributed by atoms with E-state index in [1.165, 1.54) is 30.2 Å². The van der Waals surface area contributed by atoms with Crippen molar-refractivity contribution >= 4 is 23.5 Å². The highest BCUT2D eigenvalue weighted by molar-refractivity contribution is 6.32. The summed E-state index contributed by atoms with van der Waals surface area (Å²) in [6.45, 7) is 2.33. The Morgan fingerprint density at radius 1 is 1.18 bits per heavy atom. The molecular weight excluding hydrogens is 442 g/mol. The first-order valence-corrected chi connectivity index (χ1v) is 11.4. The molecule has 1 aliphatic carbocycles. The Balaban J connectivity index is 1.41. The van der Waals surface area contributed by atoms with Crippen LogP contribution in [-0.4, -0.2) is 33.7 Å². The first kappa shape index (κ1) is 22.9. The summed E-state index contributed by atoms with van der Waals surface area (Å²) >= 11 is 6.14. The molecule has 1 aliphatic rings. The SMILES string of the molecule is CC(CNc1ncc(C(=O)O)c(COc2ccc3c(c2)CCCC3)n1)Oc1ccccc1Cl. The van der Waals surface area contributed by atoms with Crippen LogP contribution in [0.25, 0.3) is 0 Å². The van der Waals surface area contributed by atoms with E-state index >= 15 is 0 Å². The summed E-state index contributed by atoms with van der Waals surface area (Å²) in [6, 6.07) is 13.3. The van der Waals surface area contributed by atoms with E-state index in [1.54, 1.807) is 12.1 Å². The molecule has 3 aromatic rings. The lowest BCUT2D eigenvalue weighted by molar-refractivity contribution is 0.0692. The molecule has 2 N–H and O–H groups in total. The summed E-state index contributed by atoms with van der Waals surface area (Å²) < 4.78 is 11.7. The molecule has 7 nitrogen and oxygen atoms in total. The van der Waals surface area contributed by atoms with Crippen LogP contribution in [0, 0.1) is 0 Å². The molecule has 0 bridgehead atoms. The molecule has 0 radical (unpaired) electrons. The summed E-state index contributed by atoms with van der Waals surface area (Å²) in [5, 5.41) is 13.2. The second kappa shape index (κ2) is 10.5. The third-order valence-corrected chi connectivity index (χ3v) is 5.82. The maximum atomic E-state index is 11.6. The van der Waals surface area contributed by atoms with Gasteiger partial charge < -0.3 is 19.9 Å². The second-order valence-electron chi connectivity index (χ2n) is 8.03. The number of aromatic carboxylic acids is 1. The molecule has 172 valence electrons. The van der Waals surface area contributed by atoms with Crippen LogP contribution >= 0.6 is 11.6 Å². The van der Waals surface area contributed by atoms with Crippen LogP contribution < -0.4 is 14.8 Å². The number of carboxylic acids is 1. The molecule has 0 aliphatic heterocycles. The van der Waals surface area contributed by atoms with Crippen LogP contribution in [0.15, 0.2) is 48.7 Å². The number of carbonyl (C=O) groups is 1. The molecule has 1 unspecified atom stereocenters. The molecule has 0 saturated heterocycles. The third-order valence-electron chi connectivity index (χ3n) is 5.51. The molecule has 2 aromatic carbocycles. The smallest absolute Gasteiger partial charge is 0.339 e. The summed E-state index contributed by atoms with van der Waals surface area (Å²) in [7, 11) is 0. The Morgan fingerprint density at radius 2 is 1.97 bits per heavy atom. The number of nitrogens with one attached hydrogen (secondary N) is 1. The van der Waals surface area contributed by atoms with Gasteiger partial charge in [-0.2, -0.15) is 0 Å². The maximum absolute atomic E-state index is 11.6. The van der Waals surface area contributed by atoms with Gasteiger partial charge in [0.25, 0.3) is 0 Å². The van der Waals surface area contributed by atoms with Crippen molar-refractivity contribution in [1.29, 1.82) is 0 Å². The van der Waals surface area contributed by atoms with Gasteiger partial charge in [-0.1, -0.05) is 29.8 Å². The van der Waals surface area contributed by atoms with E-state index in [0.29, 0.717) is 34.7 Å². The average molecular weight is 468 g/mol. The minimum Gasteiger partial charge on any atom is -0.487 e. The van der Waals surface area contributed by atoms with Gasteiger partial charge in [0.15, 0.2) is 0 Å². The van der Waals surface area contributed by atoms with E-state index in [1.807, 2.05) is 31.2 Å². The highest BCUT2D eigenvalue weighted by atomic mass is 35.5. The number of halogens is 1. The predicted octanol–water partition coefficient (Wildman–Crippen LogP) is 5.17. The normalized spacial score (nSPS) is 13.6. The molecule has 0 saturated carbocycles. The molecule has 1 heterocycles. The molecule has 0 fully saturated rings. The molecule has 4 rings (SSSR count). The van der Waals surface area contributed by atoms with E-state index in [2.05, 4.69) is 21.4 Å². The number of hydrogen-bond donors (Lipinski definition) is 2. The fraction of sp³-hybridized carbons (Fsp3) is 0.320. The zero-order valence-corrected chi connectivity index (χ0v) is 19.1. The van der Waals surface area contributed by atoms with Crippen molar-refractivity contribution in [3.05, 3.63) is 76.1 Å². The first-order chi connectivity index (χ1) is 16.0. The van der Waals surface area contributed by atoms with Gasteiger partial charge in [-0.05, 0) is 68.0 Å². The molecule has 1 atom stereocenters. The number of aryl methyl sites for hydroxylation is 2. The second-order valence-corrected chi connectivity index (χ2v) is 8.43. The van der Waals surface area contributed by atoms with E-state index in [0.717, 1.165) is 12.8 Å². The highest BCUT2D eigenvalue weighted by Gasteiger charge is 2.16. The van der Waals surface area contributed by atoms with Crippen molar-refractivity contribution in [2.45, 2.75) is 45.3 Å². The number of ether oxygens (including phenoxy) is 2. The molecular formula is C25H26ClN3O4. The number of para-hydroxylation sites is 1. The largest absolute Gasteiger partial charge is 0.487 e. The van der Waals surface area contributed by atoms with E-state index in [-0.39, 0.29) is 18.3 Å². The van der Waals surface area contributed by atoms with Crippen molar-refractivity contribution < 1.29 is 19.4 Å². The Kier molecular flexibility index (Phi) is 7.29. The number of aromatic nitrogens is 2. The quantitative estimate of drug-likeness (QED) is 0.448. The first-order valence-electron chi connectivity index (χ1n) is 11.0. The Morgan fingerprint density at radius 3 is 2.76 bits per heavy atom. The minimum atomic E-state index is -1.10. The summed E-state index contributed by atoms with van der Waals surface area (Å²) in [5.41, 5.74) is 2.98. The third kappa shape index (κ3) is 5.93. The van der Waals surface area contributed by atoms with Crippen molar-refractivity contribution in [3.63, 3.8) is 0 Å². The van der Waals surface area contributed by atoms with Gasteiger partial charge in [0.2, 0.25) is 5.95 Å². The van der Waals surface area contributed by atoms with Gasteiger partial charge in [0.1, 0.15) is 29.8 Å². The molecule has 8 heteroatoms. The average Bonchev–Trinajstić information content (AvgIpc) is 2.82. The summed E-state index contributed by atoms with van der Waals surface area (Å²) in [5.74, 6) is 0.510. The van der Waals surface area contributed by atoms with Crippen LogP contribution in [0.3, 0.4) is 0 Å². The van der Waals surface area contributed by atoms with Crippen molar-refractivity contribution in [2.24, 2.45) is 0 Å². The van der Waals surface area contributed by atoms with Crippen LogP contribution in [-0.2, 0) is 19.4 Å². The van der Waals surface area contributed by atoms with Gasteiger partial charge in [0, 0.05) is 6.20 Å². The summed E-state index contributed by atoms with van der Waals surface area (Å²) in [4.78, 5) is 20.2. The van der Waals surface area contributed by atoms with Crippen LogP contribution in [0.4, 0.5) is 5.95 Å². The van der Waals surface area contributed by atoms with Crippen LogP contribution in [0.1, 0.15) is 46.9 Å². The standard InChI is InChI=1S/C25H26ClN3O4/c1-16(33-23-9-5-4-8-21(23)26)13-27-25-28-14-20(24(30)31)22(29-25)15-32-19-11-10-17-6-2-3-7-18(17)12-19/h4-5,8-12,14,16H,2-3,6-7,13,15H2,1H3,(H,30,31)(H,27,28,29). The Hall–Kier alpha value is -3.32. The zero-order valence-electron chi connectivity index (χ0n) is 18.4. The number of benzene rings is 2. The highest BCUT2D eigenvalue weighted by Crippen LogP contribution is 2.26. The van der Waals surface area contributed by atoms with Crippen molar-refractivity contribution in [2.75, 3.05) is 11.9 Å². The molecule has 0 amide bonds. The van der Waals surface area contributed by atoms with Crippen LogP contribution in [0.2, 0.25) is 5.02 Å². The predicted molar refractivity (Wildman–Crippen MR) is 126 cm³/mol. The lowest BCUT2D eigenvalue weighted by atomic mass is 9.92. The van der Waals surface area contributed by atoms with Crippen LogP contribution in [0.5, 0.6) is 11.5 Å². The Labute approximate surface area is 197 Å². The fourth-order valence-electron chi connectivity index (χ4n) is 3.78. The fourth-order valence-corrected chi connectivity index (χ4v) is 3.96. The molecule has 0 spiro atoms. The summed E-state index contributed by atoms with van der Waals surface area (Å²) in [6.07, 6.45) is 5.61. The molecule has 33 heavy (non-hydrogen) atoms. The number of hydrogen-bond acceptors (Lipinski definition) is 6. The van der Waals surface area contributed by atoms with Gasteiger partial charge in [-0.3, -0.25) is 0 Å². The van der Waals surface area contributed by atoms with Gasteiger partial charge in [-0.25, -0.2) is 14.8 Å². The van der Waals surface area contributed by atoms with Gasteiger partial charge in [0.05, 0.1) is 17.3 Å². The number of anilines is 1. The minimum absolute atomic E-state index is 0.0128. The number of fused-ring (bicyclic) bond motifs is 1. The lowest BCUT2D eigenvalue weighted by Gasteiger charge is -2.17. The maximum Gasteiger partial charge on any atom is 0.339 e. The molecule has 1 aromatic heterocycles. The van der Waals surface area contributed by atoms with Crippen molar-refractivity contribution in [3.8, 4) is 11.5 Å². The van der Waals surface area contributed by atoms with E-state index in [4.69, 9.17) is 21.1 Å². The number of carboxylic acid groups (broad SMARTS) is 1. The number of nitrogens with zero attached hydrogens (tertiary/aromatic N) is 2. The van der Waals surface area contributed by atoms with E-state index < -0.39 is 5.97 Å². The Bertz CT molecular complexity index is 1140. The van der Waals surface area contributed by atoms with Gasteiger partial charge >= 0.3 is 5.97 Å². The monoisotopic (exact) mass is 467 g/mol. The van der Waals surface area contributed by atoms with Gasteiger partial charge in [-0.15, -0.1) is 0 Å². The van der Waals surface area contributed by atoms with E-state index in [9.17, 15) is 9.90 Å².